The van der Waals surface area contributed by atoms with Gasteiger partial charge in [-0.3, -0.25) is 9.59 Å². The molecule has 0 saturated carbocycles. The lowest BCUT2D eigenvalue weighted by Crippen LogP contribution is -2.39. The van der Waals surface area contributed by atoms with Crippen molar-refractivity contribution in [2.75, 3.05) is 0 Å². The van der Waals surface area contributed by atoms with Crippen LogP contribution in [-0.4, -0.2) is 28.0 Å². The van der Waals surface area contributed by atoms with Crippen LogP contribution in [0, 0.1) is 5.92 Å². The monoisotopic (exact) mass is 260 g/mol. The Morgan fingerprint density at radius 2 is 1.95 bits per heavy atom. The van der Waals surface area contributed by atoms with E-state index in [1.54, 1.807) is 20.0 Å². The second-order valence-electron chi connectivity index (χ2n) is 4.64. The van der Waals surface area contributed by atoms with Crippen LogP contribution in [0.4, 0.5) is 0 Å². The first-order chi connectivity index (χ1) is 9.00. The predicted octanol–water partition coefficient (Wildman–Crippen LogP) is 2.01. The molecule has 0 fully saturated rings. The third-order valence-corrected chi connectivity index (χ3v) is 3.33. The Hall–Kier alpha value is -2.30. The molecule has 0 bridgehead atoms. The molecule has 2 aromatic rings. The van der Waals surface area contributed by atoms with E-state index >= 15 is 0 Å². The van der Waals surface area contributed by atoms with Crippen LogP contribution >= 0.6 is 0 Å². The number of carbonyl (C=O) groups excluding carboxylic acids is 1. The number of hydrogen-bond donors (Lipinski definition) is 3. The molecule has 2 unspecified atom stereocenters. The summed E-state index contributed by atoms with van der Waals surface area (Å²) in [5.41, 5.74) is 1.41. The number of aromatic amines is 1. The van der Waals surface area contributed by atoms with Gasteiger partial charge >= 0.3 is 5.97 Å². The van der Waals surface area contributed by atoms with Crippen molar-refractivity contribution < 1.29 is 14.7 Å². The number of carboxylic acid groups (broad SMARTS) is 1. The number of H-pyrrole nitrogens is 1. The summed E-state index contributed by atoms with van der Waals surface area (Å²) >= 11 is 0. The number of rotatable bonds is 4. The molecule has 2 rings (SSSR count). The molecule has 1 amide bonds. The second kappa shape index (κ2) is 5.14. The molecule has 2 atom stereocenters. The molecule has 0 aliphatic rings. The Labute approximate surface area is 110 Å². The van der Waals surface area contributed by atoms with E-state index in [9.17, 15) is 9.59 Å². The highest BCUT2D eigenvalue weighted by Gasteiger charge is 2.22. The minimum atomic E-state index is -0.924. The van der Waals surface area contributed by atoms with Gasteiger partial charge in [-0.1, -0.05) is 18.2 Å². The van der Waals surface area contributed by atoms with Gasteiger partial charge in [0.15, 0.2) is 0 Å². The standard InChI is InChI=1S/C14H16N2O3/c1-8(14(18)19)9(2)16-13(17)11-7-15-12-6-4-3-5-10(11)12/h3-9,15H,1-2H3,(H,16,17)(H,18,19). The summed E-state index contributed by atoms with van der Waals surface area (Å²) in [5.74, 6) is -1.82. The zero-order valence-corrected chi connectivity index (χ0v) is 10.8. The highest BCUT2D eigenvalue weighted by atomic mass is 16.4. The Morgan fingerprint density at radius 1 is 1.26 bits per heavy atom. The van der Waals surface area contributed by atoms with Crippen molar-refractivity contribution in [1.29, 1.82) is 0 Å². The first-order valence-corrected chi connectivity index (χ1v) is 6.10. The number of carboxylic acids is 1. The molecule has 5 nitrogen and oxygen atoms in total. The average molecular weight is 260 g/mol. The van der Waals surface area contributed by atoms with Gasteiger partial charge in [0, 0.05) is 23.1 Å². The fourth-order valence-corrected chi connectivity index (χ4v) is 1.88. The number of carbonyl (C=O) groups is 2. The van der Waals surface area contributed by atoms with E-state index in [0.29, 0.717) is 5.56 Å². The second-order valence-corrected chi connectivity index (χ2v) is 4.64. The van der Waals surface area contributed by atoms with Crippen molar-refractivity contribution in [2.45, 2.75) is 19.9 Å². The maximum Gasteiger partial charge on any atom is 0.308 e. The number of para-hydroxylation sites is 1. The van der Waals surface area contributed by atoms with E-state index in [1.807, 2.05) is 24.3 Å². The number of hydrogen-bond acceptors (Lipinski definition) is 2. The quantitative estimate of drug-likeness (QED) is 0.786. The van der Waals surface area contributed by atoms with Crippen LogP contribution < -0.4 is 5.32 Å². The Morgan fingerprint density at radius 3 is 2.63 bits per heavy atom. The molecule has 0 aliphatic heterocycles. The van der Waals surface area contributed by atoms with Crippen LogP contribution in [0.2, 0.25) is 0 Å². The Bertz CT molecular complexity index is 618. The Balaban J connectivity index is 2.18. The molecular formula is C14H16N2O3. The number of nitrogens with one attached hydrogen (secondary N) is 2. The van der Waals surface area contributed by atoms with E-state index in [1.165, 1.54) is 0 Å². The molecule has 0 aliphatic carbocycles. The summed E-state index contributed by atoms with van der Waals surface area (Å²) in [7, 11) is 0. The lowest BCUT2D eigenvalue weighted by molar-refractivity contribution is -0.141. The van der Waals surface area contributed by atoms with Gasteiger partial charge in [-0.05, 0) is 19.9 Å². The van der Waals surface area contributed by atoms with Gasteiger partial charge in [0.2, 0.25) is 0 Å². The average Bonchev–Trinajstić information content (AvgIpc) is 2.81. The topological polar surface area (TPSA) is 82.2 Å². The van der Waals surface area contributed by atoms with Crippen LogP contribution in [0.15, 0.2) is 30.5 Å². The maximum atomic E-state index is 12.1. The third kappa shape index (κ3) is 2.59. The van der Waals surface area contributed by atoms with E-state index in [0.717, 1.165) is 10.9 Å². The van der Waals surface area contributed by atoms with Gasteiger partial charge < -0.3 is 15.4 Å². The highest BCUT2D eigenvalue weighted by Crippen LogP contribution is 2.17. The molecule has 100 valence electrons. The van der Waals surface area contributed by atoms with Gasteiger partial charge in [0.05, 0.1) is 11.5 Å². The zero-order chi connectivity index (χ0) is 14.0. The summed E-state index contributed by atoms with van der Waals surface area (Å²) in [6.45, 7) is 3.26. The molecule has 1 heterocycles. The predicted molar refractivity (Wildman–Crippen MR) is 72.0 cm³/mol. The van der Waals surface area contributed by atoms with Gasteiger partial charge in [0.1, 0.15) is 0 Å². The minimum absolute atomic E-state index is 0.266. The molecule has 1 aromatic heterocycles. The first kappa shape index (κ1) is 13.1. The molecule has 19 heavy (non-hydrogen) atoms. The minimum Gasteiger partial charge on any atom is -0.481 e. The van der Waals surface area contributed by atoms with Crippen LogP contribution in [-0.2, 0) is 4.79 Å². The number of aromatic nitrogens is 1. The van der Waals surface area contributed by atoms with Crippen molar-refractivity contribution in [3.63, 3.8) is 0 Å². The largest absolute Gasteiger partial charge is 0.481 e. The van der Waals surface area contributed by atoms with Crippen molar-refractivity contribution in [3.05, 3.63) is 36.0 Å². The van der Waals surface area contributed by atoms with Crippen LogP contribution in [0.5, 0.6) is 0 Å². The number of amides is 1. The zero-order valence-electron chi connectivity index (χ0n) is 10.8. The first-order valence-electron chi connectivity index (χ1n) is 6.10. The van der Waals surface area contributed by atoms with E-state index in [2.05, 4.69) is 10.3 Å². The smallest absolute Gasteiger partial charge is 0.308 e. The summed E-state index contributed by atoms with van der Waals surface area (Å²) in [5, 5.41) is 12.5. The van der Waals surface area contributed by atoms with Gasteiger partial charge in [-0.15, -0.1) is 0 Å². The summed E-state index contributed by atoms with van der Waals surface area (Å²) in [6, 6.07) is 7.05. The molecule has 0 saturated heterocycles. The summed E-state index contributed by atoms with van der Waals surface area (Å²) in [6.07, 6.45) is 1.64. The summed E-state index contributed by atoms with van der Waals surface area (Å²) in [4.78, 5) is 26.0. The van der Waals surface area contributed by atoms with Crippen molar-refractivity contribution >= 4 is 22.8 Å². The summed E-state index contributed by atoms with van der Waals surface area (Å²) < 4.78 is 0. The normalized spacial score (nSPS) is 14.0. The van der Waals surface area contributed by atoms with Crippen molar-refractivity contribution in [3.8, 4) is 0 Å². The maximum absolute atomic E-state index is 12.1. The molecule has 0 radical (unpaired) electrons. The molecular weight excluding hydrogens is 244 g/mol. The van der Waals surface area contributed by atoms with E-state index in [-0.39, 0.29) is 5.91 Å². The lowest BCUT2D eigenvalue weighted by atomic mass is 10.0. The SMILES string of the molecule is CC(NC(=O)c1c[nH]c2ccccc12)C(C)C(=O)O. The lowest BCUT2D eigenvalue weighted by Gasteiger charge is -2.17. The van der Waals surface area contributed by atoms with E-state index < -0.39 is 17.9 Å². The van der Waals surface area contributed by atoms with Crippen LogP contribution in [0.25, 0.3) is 10.9 Å². The highest BCUT2D eigenvalue weighted by molar-refractivity contribution is 6.06. The Kier molecular flexibility index (Phi) is 3.55. The van der Waals surface area contributed by atoms with Gasteiger partial charge in [-0.2, -0.15) is 0 Å². The van der Waals surface area contributed by atoms with E-state index in [4.69, 9.17) is 5.11 Å². The molecule has 1 aromatic carbocycles. The third-order valence-electron chi connectivity index (χ3n) is 3.33. The molecule has 5 heteroatoms. The number of fused-ring (bicyclic) bond motifs is 1. The van der Waals surface area contributed by atoms with Crippen LogP contribution in [0.3, 0.4) is 0 Å². The van der Waals surface area contributed by atoms with Crippen molar-refractivity contribution in [2.24, 2.45) is 5.92 Å². The van der Waals surface area contributed by atoms with Crippen molar-refractivity contribution in [1.82, 2.24) is 10.3 Å². The molecule has 0 spiro atoms. The van der Waals surface area contributed by atoms with Gasteiger partial charge in [-0.25, -0.2) is 0 Å². The van der Waals surface area contributed by atoms with Gasteiger partial charge in [0.25, 0.3) is 5.91 Å². The molecule has 3 N–H and O–H groups in total. The number of aliphatic carboxylic acids is 1. The fraction of sp³-hybridized carbons (Fsp3) is 0.286. The number of benzene rings is 1. The van der Waals surface area contributed by atoms with Crippen LogP contribution in [0.1, 0.15) is 24.2 Å². The fourth-order valence-electron chi connectivity index (χ4n) is 1.88.